The molecule has 0 unspecified atom stereocenters. The number of phenols is 1. The molecule has 1 aromatic rings. The number of rotatable bonds is 1. The van der Waals surface area contributed by atoms with Gasteiger partial charge in [0.05, 0.1) is 5.69 Å². The Bertz CT molecular complexity index is 404. The van der Waals surface area contributed by atoms with E-state index in [0.717, 1.165) is 24.2 Å². The number of hydrogen-bond donors (Lipinski definition) is 4. The summed E-state index contributed by atoms with van der Waals surface area (Å²) in [7, 11) is 1.54. The number of anilines is 2. The number of amides is 2. The molecule has 0 saturated carbocycles. The van der Waals surface area contributed by atoms with Crippen molar-refractivity contribution < 1.29 is 9.90 Å². The second-order valence-electron chi connectivity index (χ2n) is 3.37. The van der Waals surface area contributed by atoms with Crippen LogP contribution in [0.25, 0.3) is 0 Å². The molecule has 4 N–H and O–H groups in total. The maximum Gasteiger partial charge on any atom is 0.319 e. The van der Waals surface area contributed by atoms with Crippen LogP contribution < -0.4 is 16.0 Å². The number of urea groups is 1. The number of benzene rings is 1. The van der Waals surface area contributed by atoms with Crippen molar-refractivity contribution in [2.24, 2.45) is 0 Å². The fraction of sp³-hybridized carbons (Fsp3) is 0.300. The van der Waals surface area contributed by atoms with E-state index in [0.29, 0.717) is 5.69 Å². The van der Waals surface area contributed by atoms with E-state index in [1.165, 1.54) is 7.05 Å². The summed E-state index contributed by atoms with van der Waals surface area (Å²) < 4.78 is 0. The lowest BCUT2D eigenvalue weighted by atomic mass is 10.1. The molecule has 2 amide bonds. The van der Waals surface area contributed by atoms with Gasteiger partial charge in [-0.2, -0.15) is 0 Å². The van der Waals surface area contributed by atoms with Gasteiger partial charge in [-0.25, -0.2) is 4.79 Å². The standard InChI is InChI=1S/C10H13N3O2/c1-11-10(15)13-9-6-4-5-12-7(6)2-3-8(9)14/h2-3,12,14H,4-5H2,1H3,(H2,11,13,15). The van der Waals surface area contributed by atoms with Gasteiger partial charge in [0.2, 0.25) is 0 Å². The average Bonchev–Trinajstić information content (AvgIpc) is 2.70. The minimum Gasteiger partial charge on any atom is -0.506 e. The molecule has 0 bridgehead atoms. The predicted molar refractivity (Wildman–Crippen MR) is 58.4 cm³/mol. The fourth-order valence-corrected chi connectivity index (χ4v) is 1.70. The molecule has 0 spiro atoms. The Morgan fingerprint density at radius 1 is 1.53 bits per heavy atom. The van der Waals surface area contributed by atoms with Crippen molar-refractivity contribution in [2.75, 3.05) is 24.2 Å². The summed E-state index contributed by atoms with van der Waals surface area (Å²) >= 11 is 0. The van der Waals surface area contributed by atoms with Crippen LogP contribution in [0.3, 0.4) is 0 Å². The molecule has 2 rings (SSSR count). The largest absolute Gasteiger partial charge is 0.506 e. The number of fused-ring (bicyclic) bond motifs is 1. The molecule has 0 atom stereocenters. The number of carbonyl (C=O) groups excluding carboxylic acids is 1. The molecule has 0 radical (unpaired) electrons. The quantitative estimate of drug-likeness (QED) is 0.412. The summed E-state index contributed by atoms with van der Waals surface area (Å²) in [6.07, 6.45) is 0.809. The lowest BCUT2D eigenvalue weighted by molar-refractivity contribution is 0.254. The van der Waals surface area contributed by atoms with Crippen molar-refractivity contribution in [2.45, 2.75) is 6.42 Å². The van der Waals surface area contributed by atoms with Crippen molar-refractivity contribution in [3.63, 3.8) is 0 Å². The van der Waals surface area contributed by atoms with Crippen LogP contribution in [0.1, 0.15) is 5.56 Å². The normalized spacial score (nSPS) is 12.9. The zero-order valence-corrected chi connectivity index (χ0v) is 8.42. The predicted octanol–water partition coefficient (Wildman–Crippen LogP) is 1.11. The summed E-state index contributed by atoms with van der Waals surface area (Å²) in [4.78, 5) is 11.2. The van der Waals surface area contributed by atoms with E-state index in [4.69, 9.17) is 0 Å². The van der Waals surface area contributed by atoms with Crippen LogP contribution in [0.5, 0.6) is 5.75 Å². The SMILES string of the molecule is CNC(=O)Nc1c(O)ccc2c1CCN2. The molecule has 5 nitrogen and oxygen atoms in total. The Morgan fingerprint density at radius 2 is 2.33 bits per heavy atom. The number of nitrogens with one attached hydrogen (secondary N) is 3. The molecule has 1 aliphatic heterocycles. The molecule has 0 saturated heterocycles. The van der Waals surface area contributed by atoms with E-state index < -0.39 is 0 Å². The van der Waals surface area contributed by atoms with Crippen LogP contribution in [0.2, 0.25) is 0 Å². The third-order valence-electron chi connectivity index (χ3n) is 2.45. The molecule has 0 fully saturated rings. The average molecular weight is 207 g/mol. The van der Waals surface area contributed by atoms with E-state index in [9.17, 15) is 9.90 Å². The van der Waals surface area contributed by atoms with Crippen LogP contribution in [-0.2, 0) is 6.42 Å². The van der Waals surface area contributed by atoms with Crippen molar-refractivity contribution in [3.05, 3.63) is 17.7 Å². The van der Waals surface area contributed by atoms with Crippen molar-refractivity contribution >= 4 is 17.4 Å². The highest BCUT2D eigenvalue weighted by Gasteiger charge is 2.18. The van der Waals surface area contributed by atoms with Gasteiger partial charge in [0.1, 0.15) is 5.75 Å². The number of carbonyl (C=O) groups is 1. The van der Waals surface area contributed by atoms with Crippen LogP contribution >= 0.6 is 0 Å². The summed E-state index contributed by atoms with van der Waals surface area (Å²) in [6.45, 7) is 0.835. The summed E-state index contributed by atoms with van der Waals surface area (Å²) in [5.74, 6) is 0.0982. The summed E-state index contributed by atoms with van der Waals surface area (Å²) in [5, 5.41) is 17.9. The van der Waals surface area contributed by atoms with Crippen LogP contribution in [0.4, 0.5) is 16.2 Å². The molecule has 5 heteroatoms. The highest BCUT2D eigenvalue weighted by Crippen LogP contribution is 2.36. The van der Waals surface area contributed by atoms with E-state index in [1.807, 2.05) is 6.07 Å². The topological polar surface area (TPSA) is 73.4 Å². The molecule has 1 heterocycles. The maximum atomic E-state index is 11.2. The van der Waals surface area contributed by atoms with Crippen molar-refractivity contribution in [1.82, 2.24) is 5.32 Å². The fourth-order valence-electron chi connectivity index (χ4n) is 1.70. The number of aromatic hydroxyl groups is 1. The smallest absolute Gasteiger partial charge is 0.319 e. The molecule has 1 aromatic carbocycles. The monoisotopic (exact) mass is 207 g/mol. The van der Waals surface area contributed by atoms with Gasteiger partial charge in [0, 0.05) is 24.8 Å². The highest BCUT2D eigenvalue weighted by atomic mass is 16.3. The van der Waals surface area contributed by atoms with E-state index in [2.05, 4.69) is 16.0 Å². The highest BCUT2D eigenvalue weighted by molar-refractivity contribution is 5.93. The van der Waals surface area contributed by atoms with Crippen LogP contribution in [-0.4, -0.2) is 24.7 Å². The van der Waals surface area contributed by atoms with Gasteiger partial charge in [-0.1, -0.05) is 0 Å². The molecule has 80 valence electrons. The van der Waals surface area contributed by atoms with Crippen LogP contribution in [0, 0.1) is 0 Å². The third kappa shape index (κ3) is 1.68. The van der Waals surface area contributed by atoms with E-state index >= 15 is 0 Å². The third-order valence-corrected chi connectivity index (χ3v) is 2.45. The van der Waals surface area contributed by atoms with Gasteiger partial charge in [-0.15, -0.1) is 0 Å². The Hall–Kier alpha value is -1.91. The Kier molecular flexibility index (Phi) is 2.37. The first-order chi connectivity index (χ1) is 7.22. The van der Waals surface area contributed by atoms with Gasteiger partial charge >= 0.3 is 6.03 Å². The second-order valence-corrected chi connectivity index (χ2v) is 3.37. The molecule has 1 aliphatic rings. The van der Waals surface area contributed by atoms with E-state index in [1.54, 1.807) is 6.07 Å². The molecule has 0 aromatic heterocycles. The number of hydrogen-bond acceptors (Lipinski definition) is 3. The van der Waals surface area contributed by atoms with Gasteiger partial charge in [-0.05, 0) is 18.6 Å². The Balaban J connectivity index is 2.37. The van der Waals surface area contributed by atoms with Crippen LogP contribution in [0.15, 0.2) is 12.1 Å². The summed E-state index contributed by atoms with van der Waals surface area (Å²) in [5.41, 5.74) is 2.43. The first-order valence-electron chi connectivity index (χ1n) is 4.80. The first kappa shape index (κ1) is 9.64. The Labute approximate surface area is 87.5 Å². The number of phenolic OH excluding ortho intramolecular Hbond substituents is 1. The van der Waals surface area contributed by atoms with E-state index in [-0.39, 0.29) is 11.8 Å². The van der Waals surface area contributed by atoms with Gasteiger partial charge in [-0.3, -0.25) is 0 Å². The molecular formula is C10H13N3O2. The second kappa shape index (κ2) is 3.68. The molecule has 0 aliphatic carbocycles. The zero-order valence-electron chi connectivity index (χ0n) is 8.42. The van der Waals surface area contributed by atoms with Crippen molar-refractivity contribution in [1.29, 1.82) is 0 Å². The maximum absolute atomic E-state index is 11.2. The first-order valence-corrected chi connectivity index (χ1v) is 4.80. The van der Waals surface area contributed by atoms with Gasteiger partial charge < -0.3 is 21.1 Å². The molecule has 15 heavy (non-hydrogen) atoms. The molecular weight excluding hydrogens is 194 g/mol. The zero-order chi connectivity index (χ0) is 10.8. The van der Waals surface area contributed by atoms with Gasteiger partial charge in [0.15, 0.2) is 0 Å². The lowest BCUT2D eigenvalue weighted by Gasteiger charge is -2.11. The summed E-state index contributed by atoms with van der Waals surface area (Å²) in [6, 6.07) is 3.06. The minimum absolute atomic E-state index is 0.0982. The van der Waals surface area contributed by atoms with Crippen molar-refractivity contribution in [3.8, 4) is 5.75 Å². The Morgan fingerprint density at radius 3 is 3.07 bits per heavy atom. The minimum atomic E-state index is -0.328. The van der Waals surface area contributed by atoms with Gasteiger partial charge in [0.25, 0.3) is 0 Å². The lowest BCUT2D eigenvalue weighted by Crippen LogP contribution is -2.25.